The zero-order chi connectivity index (χ0) is 17.6. The van der Waals surface area contributed by atoms with Gasteiger partial charge in [-0.3, -0.25) is 0 Å². The normalized spacial score (nSPS) is 14.9. The molecule has 0 aromatic carbocycles. The number of carboxylic acid groups (broad SMARTS) is 1. The van der Waals surface area contributed by atoms with E-state index in [1.54, 1.807) is 20.8 Å². The van der Waals surface area contributed by atoms with Gasteiger partial charge in [0.05, 0.1) is 24.3 Å². The van der Waals surface area contributed by atoms with Crippen molar-refractivity contribution in [2.24, 2.45) is 0 Å². The molecule has 0 aliphatic heterocycles. The van der Waals surface area contributed by atoms with Crippen molar-refractivity contribution in [2.45, 2.75) is 104 Å². The Kier molecular flexibility index (Phi) is 12.1. The van der Waals surface area contributed by atoms with Crippen molar-refractivity contribution in [3.8, 4) is 0 Å². The summed E-state index contributed by atoms with van der Waals surface area (Å²) in [6.07, 6.45) is 0.624. The van der Waals surface area contributed by atoms with Gasteiger partial charge >= 0.3 is 0 Å². The van der Waals surface area contributed by atoms with Gasteiger partial charge in [-0.25, -0.2) is 0 Å². The first-order chi connectivity index (χ1) is 10.1. The Morgan fingerprint density at radius 2 is 1.30 bits per heavy atom. The van der Waals surface area contributed by atoms with Crippen LogP contribution in [0.2, 0.25) is 0 Å². The van der Waals surface area contributed by atoms with E-state index >= 15 is 0 Å². The Morgan fingerprint density at radius 1 is 0.913 bits per heavy atom. The average molecular weight is 409 g/mol. The summed E-state index contributed by atoms with van der Waals surface area (Å²) in [5.74, 6) is -2.67. The third-order valence-electron chi connectivity index (χ3n) is 3.31. The Morgan fingerprint density at radius 3 is 1.52 bits per heavy atom. The van der Waals surface area contributed by atoms with Gasteiger partial charge in [0.2, 0.25) is 5.79 Å². The van der Waals surface area contributed by atoms with Crippen LogP contribution in [0.3, 0.4) is 0 Å². The van der Waals surface area contributed by atoms with E-state index in [1.165, 1.54) is 0 Å². The molecule has 0 aliphatic rings. The molecule has 0 saturated heterocycles. The fourth-order valence-corrected chi connectivity index (χ4v) is 2.82. The Bertz CT molecular complexity index is 334. The minimum absolute atomic E-state index is 0. The third-order valence-corrected chi connectivity index (χ3v) is 3.31. The Labute approximate surface area is 160 Å². The molecule has 0 spiro atoms. The Hall–Kier alpha value is 0.233. The van der Waals surface area contributed by atoms with Crippen LogP contribution < -0.4 is 5.11 Å². The van der Waals surface area contributed by atoms with Crippen LogP contribution in [0.5, 0.6) is 0 Å². The van der Waals surface area contributed by atoms with Crippen molar-refractivity contribution in [2.75, 3.05) is 0 Å². The topological polar surface area (TPSA) is 67.8 Å². The van der Waals surface area contributed by atoms with E-state index in [0.717, 1.165) is 0 Å². The summed E-state index contributed by atoms with van der Waals surface area (Å²) in [5, 5.41) is 12.1. The average Bonchev–Trinajstić information content (AvgIpc) is 2.33. The fourth-order valence-electron chi connectivity index (χ4n) is 2.82. The summed E-state index contributed by atoms with van der Waals surface area (Å²) in [5.41, 5.74) is -1.65. The van der Waals surface area contributed by atoms with Gasteiger partial charge in [-0.1, -0.05) is 20.3 Å². The summed E-state index contributed by atoms with van der Waals surface area (Å²) in [7, 11) is 0. The quantitative estimate of drug-likeness (QED) is 0.492. The number of hydrogen-bond donors (Lipinski definition) is 0. The molecule has 23 heavy (non-hydrogen) atoms. The van der Waals surface area contributed by atoms with Crippen LogP contribution >= 0.6 is 0 Å². The van der Waals surface area contributed by atoms with E-state index in [4.69, 9.17) is 14.2 Å². The van der Waals surface area contributed by atoms with Crippen LogP contribution in [0.15, 0.2) is 0 Å². The second-order valence-corrected chi connectivity index (χ2v) is 6.47. The van der Waals surface area contributed by atoms with Crippen LogP contribution in [0.1, 0.15) is 74.7 Å². The van der Waals surface area contributed by atoms with Gasteiger partial charge in [-0.05, 0) is 48.0 Å². The van der Waals surface area contributed by atoms with Crippen LogP contribution in [0.4, 0.5) is 0 Å². The van der Waals surface area contributed by atoms with Crippen LogP contribution in [0.25, 0.3) is 0 Å². The van der Waals surface area contributed by atoms with Gasteiger partial charge in [-0.15, -0.1) is 0 Å². The first kappa shape index (κ1) is 25.5. The van der Waals surface area contributed by atoms with Gasteiger partial charge in [-0.2, -0.15) is 0 Å². The second kappa shape index (κ2) is 11.0. The van der Waals surface area contributed by atoms with Crippen molar-refractivity contribution >= 4 is 5.97 Å². The van der Waals surface area contributed by atoms with Gasteiger partial charge in [0.15, 0.2) is 5.60 Å². The summed E-state index contributed by atoms with van der Waals surface area (Å²) in [6, 6.07) is 0. The van der Waals surface area contributed by atoms with Crippen LogP contribution in [-0.4, -0.2) is 35.7 Å². The number of ether oxygens (including phenoxy) is 3. The standard InChI is InChI=1S/C17H34O5.Zr/c1-9-11-17(21-13(5)6,22-14(7)8)16(10-2,15(18)19)20-12(3)4;/h12-14H,9-11H2,1-8H3,(H,18,19);/p-1. The SMILES string of the molecule is CCCC(OC(C)C)(OC(C)C)C(CC)(OC(C)C)C(=O)[O-].[Zr]. The first-order valence-corrected chi connectivity index (χ1v) is 8.31. The van der Waals surface area contributed by atoms with Gasteiger partial charge in [0.25, 0.3) is 0 Å². The molecule has 0 heterocycles. The van der Waals surface area contributed by atoms with Crippen molar-refractivity contribution in [1.82, 2.24) is 0 Å². The van der Waals surface area contributed by atoms with E-state index in [0.29, 0.717) is 12.8 Å². The molecule has 5 nitrogen and oxygen atoms in total. The molecule has 0 aromatic heterocycles. The number of carbonyl (C=O) groups is 1. The molecule has 0 N–H and O–H groups in total. The zero-order valence-electron chi connectivity index (χ0n) is 15.9. The molecule has 1 atom stereocenters. The molecule has 0 bridgehead atoms. The van der Waals surface area contributed by atoms with E-state index in [1.807, 2.05) is 34.6 Å². The maximum absolute atomic E-state index is 12.1. The van der Waals surface area contributed by atoms with E-state index in [9.17, 15) is 9.90 Å². The summed E-state index contributed by atoms with van der Waals surface area (Å²) >= 11 is 0. The molecular weight excluding hydrogens is 375 g/mol. The molecular formula is C17H33O5Zr-. The van der Waals surface area contributed by atoms with Crippen molar-refractivity contribution in [3.05, 3.63) is 0 Å². The summed E-state index contributed by atoms with van der Waals surface area (Å²) in [6.45, 7) is 14.8. The minimum Gasteiger partial charge on any atom is -0.547 e. The maximum atomic E-state index is 12.1. The summed E-state index contributed by atoms with van der Waals surface area (Å²) in [4.78, 5) is 12.1. The van der Waals surface area contributed by atoms with Gasteiger partial charge < -0.3 is 24.1 Å². The molecule has 6 heteroatoms. The fraction of sp³-hybridized carbons (Fsp3) is 0.941. The molecule has 0 rings (SSSR count). The van der Waals surface area contributed by atoms with Crippen LogP contribution in [-0.2, 0) is 45.2 Å². The second-order valence-electron chi connectivity index (χ2n) is 6.47. The number of aliphatic carboxylic acids is 1. The van der Waals surface area contributed by atoms with E-state index < -0.39 is 17.4 Å². The molecule has 0 saturated carbocycles. The Balaban J connectivity index is 0. The third kappa shape index (κ3) is 6.57. The molecule has 0 radical (unpaired) electrons. The first-order valence-electron chi connectivity index (χ1n) is 8.31. The number of rotatable bonds is 11. The van der Waals surface area contributed by atoms with Gasteiger partial charge in [0, 0.05) is 32.6 Å². The van der Waals surface area contributed by atoms with E-state index in [2.05, 4.69) is 0 Å². The monoisotopic (exact) mass is 407 g/mol. The minimum atomic E-state index is -1.65. The maximum Gasteiger partial charge on any atom is 0.203 e. The van der Waals surface area contributed by atoms with E-state index in [-0.39, 0.29) is 50.9 Å². The zero-order valence-corrected chi connectivity index (χ0v) is 18.4. The smallest absolute Gasteiger partial charge is 0.203 e. The summed E-state index contributed by atoms with van der Waals surface area (Å²) < 4.78 is 17.9. The molecule has 0 aromatic rings. The van der Waals surface area contributed by atoms with Crippen molar-refractivity contribution in [3.63, 3.8) is 0 Å². The molecule has 0 fully saturated rings. The van der Waals surface area contributed by atoms with Crippen molar-refractivity contribution < 1.29 is 50.3 Å². The van der Waals surface area contributed by atoms with Crippen molar-refractivity contribution in [1.29, 1.82) is 0 Å². The molecule has 0 amide bonds. The predicted molar refractivity (Wildman–Crippen MR) is 84.3 cm³/mol. The van der Waals surface area contributed by atoms with Crippen LogP contribution in [0, 0.1) is 0 Å². The number of carbonyl (C=O) groups excluding carboxylic acids is 1. The van der Waals surface area contributed by atoms with Gasteiger partial charge in [0.1, 0.15) is 0 Å². The molecule has 0 aliphatic carbocycles. The number of carboxylic acids is 1. The largest absolute Gasteiger partial charge is 0.547 e. The molecule has 136 valence electrons. The number of hydrogen-bond acceptors (Lipinski definition) is 5. The predicted octanol–water partition coefficient (Wildman–Crippen LogP) is 2.65. The molecule has 1 unspecified atom stereocenters.